The summed E-state index contributed by atoms with van der Waals surface area (Å²) >= 11 is 1.76. The van der Waals surface area contributed by atoms with E-state index in [-0.39, 0.29) is 36.0 Å². The molecule has 7 nitrogen and oxygen atoms in total. The van der Waals surface area contributed by atoms with Crippen molar-refractivity contribution in [1.29, 1.82) is 0 Å². The molecule has 0 fully saturated rings. The zero-order valence-electron chi connectivity index (χ0n) is 18.2. The van der Waals surface area contributed by atoms with Crippen LogP contribution in [-0.4, -0.2) is 61.3 Å². The largest absolute Gasteiger partial charge is 0.444 e. The lowest BCUT2D eigenvalue weighted by atomic mass is 10.1. The first-order valence-electron chi connectivity index (χ1n) is 9.46. The second kappa shape index (κ2) is 13.2. The predicted octanol–water partition coefficient (Wildman–Crippen LogP) is 3.53. The third-order valence-corrected chi connectivity index (χ3v) is 4.91. The Balaban J connectivity index is 0.00000729. The number of aryl methyl sites for hydroxylation is 1. The molecule has 0 aromatic carbocycles. The summed E-state index contributed by atoms with van der Waals surface area (Å²) in [6, 6.07) is 0. The number of guanidine groups is 1. The van der Waals surface area contributed by atoms with Crippen LogP contribution in [0.15, 0.2) is 11.2 Å². The van der Waals surface area contributed by atoms with Crippen molar-refractivity contribution in [3.8, 4) is 0 Å². The summed E-state index contributed by atoms with van der Waals surface area (Å²) in [4.78, 5) is 23.6. The molecule has 1 heterocycles. The van der Waals surface area contributed by atoms with Gasteiger partial charge in [0, 0.05) is 51.2 Å². The molecule has 0 aliphatic carbocycles. The van der Waals surface area contributed by atoms with Gasteiger partial charge in [0.25, 0.3) is 0 Å². The molecule has 1 aromatic heterocycles. The van der Waals surface area contributed by atoms with Gasteiger partial charge in [0.15, 0.2) is 5.96 Å². The van der Waals surface area contributed by atoms with E-state index < -0.39 is 5.60 Å². The van der Waals surface area contributed by atoms with E-state index >= 15 is 0 Å². The van der Waals surface area contributed by atoms with Crippen molar-refractivity contribution in [2.45, 2.75) is 53.1 Å². The number of carbonyl (C=O) groups is 1. The summed E-state index contributed by atoms with van der Waals surface area (Å²) in [6.45, 7) is 11.9. The second-order valence-electron chi connectivity index (χ2n) is 7.67. The van der Waals surface area contributed by atoms with E-state index in [1.807, 2.05) is 27.0 Å². The molecule has 9 heteroatoms. The first-order valence-corrected chi connectivity index (χ1v) is 10.3. The van der Waals surface area contributed by atoms with Crippen molar-refractivity contribution >= 4 is 47.4 Å². The van der Waals surface area contributed by atoms with Crippen LogP contribution >= 0.6 is 35.3 Å². The number of nitrogens with zero attached hydrogens (tertiary/aromatic N) is 3. The Hall–Kier alpha value is -1.10. The Morgan fingerprint density at radius 3 is 2.61 bits per heavy atom. The lowest BCUT2D eigenvalue weighted by Gasteiger charge is -2.26. The van der Waals surface area contributed by atoms with Gasteiger partial charge < -0.3 is 20.3 Å². The normalized spacial score (nSPS) is 12.8. The third-order valence-electron chi connectivity index (χ3n) is 3.71. The molecule has 0 saturated heterocycles. The van der Waals surface area contributed by atoms with Gasteiger partial charge in [-0.05, 0) is 33.1 Å². The zero-order valence-corrected chi connectivity index (χ0v) is 21.3. The number of amides is 1. The molecule has 162 valence electrons. The fourth-order valence-corrected chi connectivity index (χ4v) is 3.21. The molecule has 0 radical (unpaired) electrons. The summed E-state index contributed by atoms with van der Waals surface area (Å²) < 4.78 is 5.38. The highest BCUT2D eigenvalue weighted by Gasteiger charge is 2.20. The van der Waals surface area contributed by atoms with E-state index in [0.717, 1.165) is 30.4 Å². The van der Waals surface area contributed by atoms with Crippen molar-refractivity contribution < 1.29 is 9.53 Å². The van der Waals surface area contributed by atoms with Crippen molar-refractivity contribution in [2.24, 2.45) is 10.9 Å². The Morgan fingerprint density at radius 2 is 2.07 bits per heavy atom. The Morgan fingerprint density at radius 1 is 1.39 bits per heavy atom. The van der Waals surface area contributed by atoms with Crippen molar-refractivity contribution in [2.75, 3.05) is 33.7 Å². The fourth-order valence-electron chi connectivity index (χ4n) is 2.35. The number of ether oxygens (including phenoxy) is 1. The topological polar surface area (TPSA) is 78.9 Å². The van der Waals surface area contributed by atoms with Crippen LogP contribution in [0.3, 0.4) is 0 Å². The van der Waals surface area contributed by atoms with E-state index in [0.29, 0.717) is 13.1 Å². The summed E-state index contributed by atoms with van der Waals surface area (Å²) in [7, 11) is 3.52. The van der Waals surface area contributed by atoms with Gasteiger partial charge in [0.1, 0.15) is 5.60 Å². The van der Waals surface area contributed by atoms with Crippen LogP contribution in [0, 0.1) is 5.92 Å². The van der Waals surface area contributed by atoms with Crippen molar-refractivity contribution in [3.63, 3.8) is 0 Å². The van der Waals surface area contributed by atoms with Crippen LogP contribution in [0.5, 0.6) is 0 Å². The Bertz CT molecular complexity index is 616. The van der Waals surface area contributed by atoms with E-state index in [4.69, 9.17) is 4.74 Å². The molecule has 28 heavy (non-hydrogen) atoms. The molecule has 2 N–H and O–H groups in total. The standard InChI is InChI=1S/C19H35N5O2S.HI/c1-8-15-12-22-16(27-15)9-10-21-17(20-6)23-11-14(2)13-24(7)18(25)26-19(3,4)5;/h12,14H,8-11,13H2,1-7H3,(H2,20,21,23);1H. The molecule has 1 aromatic rings. The van der Waals surface area contributed by atoms with Crippen LogP contribution in [0.4, 0.5) is 4.79 Å². The minimum Gasteiger partial charge on any atom is -0.444 e. The van der Waals surface area contributed by atoms with Gasteiger partial charge in [-0.2, -0.15) is 0 Å². The molecular weight excluding hydrogens is 489 g/mol. The number of hydrogen-bond acceptors (Lipinski definition) is 5. The average molecular weight is 526 g/mol. The maximum atomic E-state index is 12.0. The lowest BCUT2D eigenvalue weighted by molar-refractivity contribution is 0.0278. The SMILES string of the molecule is CCc1cnc(CCNC(=NC)NCC(C)CN(C)C(=O)OC(C)(C)C)s1.I. The summed E-state index contributed by atoms with van der Waals surface area (Å²) in [6.07, 6.45) is 3.56. The average Bonchev–Trinajstić information content (AvgIpc) is 3.04. The number of carbonyl (C=O) groups excluding carboxylic acids is 1. The van der Waals surface area contributed by atoms with Gasteiger partial charge >= 0.3 is 6.09 Å². The quantitative estimate of drug-likeness (QED) is 0.309. The molecule has 0 aliphatic heterocycles. The minimum absolute atomic E-state index is 0. The van der Waals surface area contributed by atoms with Gasteiger partial charge in [-0.25, -0.2) is 9.78 Å². The first-order chi connectivity index (χ1) is 12.6. The summed E-state index contributed by atoms with van der Waals surface area (Å²) in [5.74, 6) is 1.01. The second-order valence-corrected chi connectivity index (χ2v) is 8.87. The molecular formula is C19H36IN5O2S. The minimum atomic E-state index is -0.478. The summed E-state index contributed by atoms with van der Waals surface area (Å²) in [5.41, 5.74) is -0.478. The van der Waals surface area contributed by atoms with Crippen LogP contribution in [-0.2, 0) is 17.6 Å². The van der Waals surface area contributed by atoms with Gasteiger partial charge in [0.2, 0.25) is 0 Å². The number of halogens is 1. The summed E-state index contributed by atoms with van der Waals surface area (Å²) in [5, 5.41) is 7.76. The molecule has 1 rings (SSSR count). The number of rotatable bonds is 8. The van der Waals surface area contributed by atoms with Crippen LogP contribution in [0.1, 0.15) is 44.5 Å². The maximum Gasteiger partial charge on any atom is 0.410 e. The van der Waals surface area contributed by atoms with Crippen LogP contribution in [0.25, 0.3) is 0 Å². The van der Waals surface area contributed by atoms with Gasteiger partial charge in [0.05, 0.1) is 5.01 Å². The van der Waals surface area contributed by atoms with E-state index in [2.05, 4.69) is 34.5 Å². The van der Waals surface area contributed by atoms with Gasteiger partial charge in [-0.3, -0.25) is 4.99 Å². The van der Waals surface area contributed by atoms with E-state index in [1.54, 1.807) is 30.3 Å². The third kappa shape index (κ3) is 11.0. The molecule has 1 atom stereocenters. The van der Waals surface area contributed by atoms with E-state index in [1.165, 1.54) is 4.88 Å². The fraction of sp³-hybridized carbons (Fsp3) is 0.737. The zero-order chi connectivity index (χ0) is 20.4. The number of hydrogen-bond donors (Lipinski definition) is 2. The highest BCUT2D eigenvalue weighted by molar-refractivity contribution is 14.0. The smallest absolute Gasteiger partial charge is 0.410 e. The monoisotopic (exact) mass is 525 g/mol. The van der Waals surface area contributed by atoms with E-state index in [9.17, 15) is 4.79 Å². The van der Waals surface area contributed by atoms with Gasteiger partial charge in [-0.15, -0.1) is 35.3 Å². The van der Waals surface area contributed by atoms with Crippen molar-refractivity contribution in [3.05, 3.63) is 16.1 Å². The first kappa shape index (κ1) is 26.9. The number of thiazole rings is 1. The number of aromatic nitrogens is 1. The molecule has 1 amide bonds. The predicted molar refractivity (Wildman–Crippen MR) is 128 cm³/mol. The molecule has 0 spiro atoms. The van der Waals surface area contributed by atoms with Crippen LogP contribution in [0.2, 0.25) is 0 Å². The lowest BCUT2D eigenvalue weighted by Crippen LogP contribution is -2.43. The maximum absolute atomic E-state index is 12.0. The van der Waals surface area contributed by atoms with Crippen LogP contribution < -0.4 is 10.6 Å². The molecule has 0 bridgehead atoms. The Kier molecular flexibility index (Phi) is 12.7. The van der Waals surface area contributed by atoms with Crippen molar-refractivity contribution in [1.82, 2.24) is 20.5 Å². The molecule has 1 unspecified atom stereocenters. The number of nitrogens with one attached hydrogen (secondary N) is 2. The van der Waals surface area contributed by atoms with Gasteiger partial charge in [-0.1, -0.05) is 13.8 Å². The number of aliphatic imine (C=N–C) groups is 1. The molecule has 0 saturated carbocycles. The highest BCUT2D eigenvalue weighted by atomic mass is 127. The highest BCUT2D eigenvalue weighted by Crippen LogP contribution is 2.13. The Labute approximate surface area is 190 Å². The molecule has 0 aliphatic rings.